The van der Waals surface area contributed by atoms with Crippen molar-refractivity contribution in [1.82, 2.24) is 19.4 Å². The molecule has 0 saturated carbocycles. The lowest BCUT2D eigenvalue weighted by molar-refractivity contribution is -0.177. The highest BCUT2D eigenvalue weighted by atomic mass is 32.2. The molecule has 0 bridgehead atoms. The molecule has 4 heterocycles. The van der Waals surface area contributed by atoms with Gasteiger partial charge in [0.15, 0.2) is 0 Å². The van der Waals surface area contributed by atoms with E-state index in [1.807, 2.05) is 4.31 Å². The second-order valence-corrected chi connectivity index (χ2v) is 10.8. The average Bonchev–Trinajstić information content (AvgIpc) is 2.68. The molecule has 4 saturated heterocycles. The van der Waals surface area contributed by atoms with Crippen LogP contribution in [0.1, 0.15) is 12.8 Å². The van der Waals surface area contributed by atoms with Gasteiger partial charge < -0.3 is 19.9 Å². The number of carbonyl (C=O) groups is 2. The van der Waals surface area contributed by atoms with E-state index in [1.54, 1.807) is 9.80 Å². The number of allylic oxidation sites excluding steroid dienone is 1. The number of ether oxygens (including phenoxy) is 1. The van der Waals surface area contributed by atoms with E-state index in [9.17, 15) is 27.2 Å². The van der Waals surface area contributed by atoms with E-state index in [1.165, 1.54) is 12.2 Å². The number of hydrogen-bond donors (Lipinski definition) is 1. The molecule has 178 valence electrons. The zero-order chi connectivity index (χ0) is 22.7. The third kappa shape index (κ3) is 4.21. The molecule has 12 heteroatoms. The Morgan fingerprint density at radius 3 is 2.66 bits per heavy atom. The van der Waals surface area contributed by atoms with Crippen molar-refractivity contribution in [3.05, 3.63) is 12.2 Å². The molecule has 3 amide bonds. The summed E-state index contributed by atoms with van der Waals surface area (Å²) in [4.78, 5) is 27.9. The van der Waals surface area contributed by atoms with E-state index in [2.05, 4.69) is 5.32 Å². The maximum absolute atomic E-state index is 13.5. The van der Waals surface area contributed by atoms with Gasteiger partial charge in [0.25, 0.3) is 0 Å². The summed E-state index contributed by atoms with van der Waals surface area (Å²) in [6.07, 6.45) is -3.31. The zero-order valence-corrected chi connectivity index (χ0v) is 18.2. The van der Waals surface area contributed by atoms with Gasteiger partial charge in [0, 0.05) is 49.9 Å². The minimum atomic E-state index is -4.43. The van der Waals surface area contributed by atoms with Crippen molar-refractivity contribution in [2.45, 2.75) is 42.6 Å². The van der Waals surface area contributed by atoms with Crippen LogP contribution in [0.2, 0.25) is 0 Å². The van der Waals surface area contributed by atoms with Crippen molar-refractivity contribution in [1.29, 1.82) is 0 Å². The zero-order valence-electron chi connectivity index (χ0n) is 17.4. The first-order valence-electron chi connectivity index (χ1n) is 10.9. The number of amides is 3. The second-order valence-electron chi connectivity index (χ2n) is 9.55. The van der Waals surface area contributed by atoms with Crippen LogP contribution in [0.15, 0.2) is 12.2 Å². The van der Waals surface area contributed by atoms with Gasteiger partial charge in [0.2, 0.25) is 5.91 Å². The van der Waals surface area contributed by atoms with Gasteiger partial charge in [-0.15, -0.1) is 0 Å². The number of nitrogens with zero attached hydrogens (tertiary/aromatic N) is 3. The van der Waals surface area contributed by atoms with Crippen molar-refractivity contribution in [2.75, 3.05) is 45.9 Å². The Balaban J connectivity index is 1.09. The minimum absolute atomic E-state index is 0.0567. The molecule has 0 radical (unpaired) electrons. The number of nitrogens with one attached hydrogen (secondary N) is 1. The highest BCUT2D eigenvalue weighted by molar-refractivity contribution is 7.97. The number of morpholine rings is 1. The third-order valence-corrected chi connectivity index (χ3v) is 8.30. The molecule has 5 rings (SSSR count). The fourth-order valence-electron chi connectivity index (χ4n) is 5.37. The van der Waals surface area contributed by atoms with Crippen LogP contribution >= 0.6 is 11.9 Å². The van der Waals surface area contributed by atoms with E-state index in [0.29, 0.717) is 45.7 Å². The highest BCUT2D eigenvalue weighted by Crippen LogP contribution is 2.48. The Bertz CT molecular complexity index is 798. The van der Waals surface area contributed by atoms with Crippen LogP contribution in [-0.4, -0.2) is 102 Å². The van der Waals surface area contributed by atoms with Crippen LogP contribution in [0.3, 0.4) is 0 Å². The van der Waals surface area contributed by atoms with Gasteiger partial charge in [-0.25, -0.2) is 13.5 Å². The summed E-state index contributed by atoms with van der Waals surface area (Å²) >= 11 is 1.14. The molecular formula is C20H26F4N4O3S. The molecule has 5 atom stereocenters. The quantitative estimate of drug-likeness (QED) is 0.373. The van der Waals surface area contributed by atoms with E-state index in [-0.39, 0.29) is 36.1 Å². The van der Waals surface area contributed by atoms with Crippen molar-refractivity contribution >= 4 is 23.9 Å². The summed E-state index contributed by atoms with van der Waals surface area (Å²) in [5, 5.41) is 2.07. The van der Waals surface area contributed by atoms with Gasteiger partial charge in [-0.1, -0.05) is 24.1 Å². The lowest BCUT2D eigenvalue weighted by Crippen LogP contribution is -2.73. The summed E-state index contributed by atoms with van der Waals surface area (Å²) < 4.78 is 60.8. The van der Waals surface area contributed by atoms with E-state index < -0.39 is 29.9 Å². The van der Waals surface area contributed by atoms with Crippen LogP contribution < -0.4 is 5.32 Å². The number of likely N-dealkylation sites (tertiary alicyclic amines) is 2. The first kappa shape index (κ1) is 22.3. The smallest absolute Gasteiger partial charge is 0.366 e. The summed E-state index contributed by atoms with van der Waals surface area (Å²) in [5.41, 5.74) is -0.0715. The van der Waals surface area contributed by atoms with Gasteiger partial charge >= 0.3 is 12.2 Å². The molecule has 32 heavy (non-hydrogen) atoms. The van der Waals surface area contributed by atoms with Crippen molar-refractivity contribution < 1.29 is 31.9 Å². The molecule has 0 aromatic rings. The Morgan fingerprint density at radius 1 is 1.19 bits per heavy atom. The van der Waals surface area contributed by atoms with Gasteiger partial charge in [0.1, 0.15) is 12.8 Å². The fraction of sp³-hybridized carbons (Fsp3) is 0.800. The number of carbonyl (C=O) groups excluding carboxylic acids is 2. The number of halogens is 4. The standard InChI is InChI=1S/C20H26F4N4O3S/c21-12-1-2-16(13(5-12)20(22,23)24)32-28-10-19(11-28)8-27(9-19)18(30)26-4-3-15-14(6-26)25-17(29)7-31-15/h1-2,12-16H,3-11H2,(H,25,29)/t12?,13?,14-,15+,16?/m1/s1. The van der Waals surface area contributed by atoms with E-state index in [0.717, 1.165) is 11.9 Å². The number of rotatable bonds is 2. The van der Waals surface area contributed by atoms with Gasteiger partial charge in [0.05, 0.1) is 18.1 Å². The number of hydrogen-bond acceptors (Lipinski definition) is 5. The summed E-state index contributed by atoms with van der Waals surface area (Å²) in [5.74, 6) is -1.85. The molecule has 4 aliphatic heterocycles. The van der Waals surface area contributed by atoms with Crippen LogP contribution in [0.4, 0.5) is 22.4 Å². The van der Waals surface area contributed by atoms with Crippen LogP contribution in [0.25, 0.3) is 0 Å². The molecule has 5 aliphatic rings. The largest absolute Gasteiger partial charge is 0.393 e. The van der Waals surface area contributed by atoms with Crippen molar-refractivity contribution in [3.63, 3.8) is 0 Å². The first-order chi connectivity index (χ1) is 15.1. The minimum Gasteiger partial charge on any atom is -0.366 e. The number of piperidine rings is 1. The van der Waals surface area contributed by atoms with Crippen molar-refractivity contribution in [3.8, 4) is 0 Å². The Hall–Kier alpha value is -1.53. The monoisotopic (exact) mass is 478 g/mol. The van der Waals surface area contributed by atoms with E-state index >= 15 is 0 Å². The van der Waals surface area contributed by atoms with Crippen LogP contribution in [0.5, 0.6) is 0 Å². The molecule has 3 unspecified atom stereocenters. The SMILES string of the molecule is O=C1CO[C@H]2CCN(C(=O)N3CC4(CN(SC5C=CC(F)CC5C(F)(F)F)C4)C3)C[C@H]2N1. The number of fused-ring (bicyclic) bond motifs is 1. The molecule has 1 spiro atoms. The highest BCUT2D eigenvalue weighted by Gasteiger charge is 2.56. The number of alkyl halides is 4. The maximum Gasteiger partial charge on any atom is 0.393 e. The Labute approximate surface area is 187 Å². The Kier molecular flexibility index (Phi) is 5.60. The van der Waals surface area contributed by atoms with Crippen LogP contribution in [-0.2, 0) is 9.53 Å². The van der Waals surface area contributed by atoms with Gasteiger partial charge in [-0.2, -0.15) is 13.2 Å². The first-order valence-corrected chi connectivity index (χ1v) is 11.7. The summed E-state index contributed by atoms with van der Waals surface area (Å²) in [6.45, 7) is 3.44. The molecule has 0 aromatic carbocycles. The predicted octanol–water partition coefficient (Wildman–Crippen LogP) is 1.81. The average molecular weight is 479 g/mol. The molecule has 1 aliphatic carbocycles. The lowest BCUT2D eigenvalue weighted by Gasteiger charge is -2.60. The third-order valence-electron chi connectivity index (χ3n) is 7.02. The maximum atomic E-state index is 13.5. The van der Waals surface area contributed by atoms with Gasteiger partial charge in [-0.05, 0) is 12.8 Å². The van der Waals surface area contributed by atoms with E-state index in [4.69, 9.17) is 4.74 Å². The fourth-order valence-corrected chi connectivity index (χ4v) is 6.98. The molecule has 0 aromatic heterocycles. The normalized spacial score (nSPS) is 36.9. The van der Waals surface area contributed by atoms with Crippen LogP contribution in [0, 0.1) is 11.3 Å². The summed E-state index contributed by atoms with van der Waals surface area (Å²) in [6, 6.07) is -0.254. The Morgan fingerprint density at radius 2 is 1.94 bits per heavy atom. The topological polar surface area (TPSA) is 65.1 Å². The molecule has 7 nitrogen and oxygen atoms in total. The predicted molar refractivity (Wildman–Crippen MR) is 108 cm³/mol. The second kappa shape index (κ2) is 8.05. The molecule has 4 fully saturated rings. The van der Waals surface area contributed by atoms with Crippen molar-refractivity contribution in [2.24, 2.45) is 11.3 Å². The lowest BCUT2D eigenvalue weighted by atomic mass is 9.74. The summed E-state index contributed by atoms with van der Waals surface area (Å²) in [7, 11) is 0. The molecule has 1 N–H and O–H groups in total. The van der Waals surface area contributed by atoms with Gasteiger partial charge in [-0.3, -0.25) is 4.79 Å². The number of urea groups is 1. The molecular weight excluding hydrogens is 452 g/mol.